The molecular formula is C18H27N3O5S. The van der Waals surface area contributed by atoms with Gasteiger partial charge in [0.25, 0.3) is 6.47 Å². The van der Waals surface area contributed by atoms with E-state index < -0.39 is 0 Å². The summed E-state index contributed by atoms with van der Waals surface area (Å²) in [5.41, 5.74) is 0.461. The van der Waals surface area contributed by atoms with Crippen LogP contribution in [0, 0.1) is 12.3 Å². The van der Waals surface area contributed by atoms with Crippen LogP contribution in [-0.2, 0) is 25.5 Å². The maximum atomic E-state index is 12.4. The number of nitrogens with zero attached hydrogens (tertiary/aromatic N) is 3. The third-order valence-electron chi connectivity index (χ3n) is 4.97. The summed E-state index contributed by atoms with van der Waals surface area (Å²) in [5.74, 6) is 0.0305. The molecule has 2 saturated heterocycles. The second kappa shape index (κ2) is 9.27. The van der Waals surface area contributed by atoms with Crippen molar-refractivity contribution >= 4 is 29.7 Å². The van der Waals surface area contributed by atoms with E-state index in [0.717, 1.165) is 23.7 Å². The van der Waals surface area contributed by atoms with Gasteiger partial charge in [0.1, 0.15) is 6.10 Å². The molecule has 2 fully saturated rings. The van der Waals surface area contributed by atoms with Gasteiger partial charge in [0.15, 0.2) is 0 Å². The number of esters is 1. The van der Waals surface area contributed by atoms with Gasteiger partial charge in [0, 0.05) is 31.4 Å². The van der Waals surface area contributed by atoms with Gasteiger partial charge < -0.3 is 19.6 Å². The molecule has 0 saturated carbocycles. The molecule has 27 heavy (non-hydrogen) atoms. The van der Waals surface area contributed by atoms with Crippen LogP contribution in [0.4, 0.5) is 0 Å². The second-order valence-corrected chi connectivity index (χ2v) is 8.36. The number of aromatic nitrogens is 1. The van der Waals surface area contributed by atoms with Gasteiger partial charge >= 0.3 is 5.97 Å². The Kier molecular flexibility index (Phi) is 7.32. The topological polar surface area (TPSA) is 100 Å². The van der Waals surface area contributed by atoms with Crippen molar-refractivity contribution in [1.82, 2.24) is 14.8 Å². The average Bonchev–Trinajstić information content (AvgIpc) is 3.12. The van der Waals surface area contributed by atoms with Crippen LogP contribution in [0.5, 0.6) is 0 Å². The Morgan fingerprint density at radius 1 is 1.48 bits per heavy atom. The number of carboxylic acid groups (broad SMARTS) is 1. The number of cyclic esters (lactones) is 1. The molecule has 0 aliphatic carbocycles. The minimum absolute atomic E-state index is 0.0206. The number of carbonyl (C=O) groups is 3. The van der Waals surface area contributed by atoms with E-state index in [0.29, 0.717) is 32.4 Å². The van der Waals surface area contributed by atoms with E-state index in [-0.39, 0.29) is 29.9 Å². The summed E-state index contributed by atoms with van der Waals surface area (Å²) in [6.45, 7) is 3.72. The van der Waals surface area contributed by atoms with Crippen LogP contribution in [0.15, 0.2) is 5.38 Å². The lowest BCUT2D eigenvalue weighted by Gasteiger charge is -2.36. The summed E-state index contributed by atoms with van der Waals surface area (Å²) < 4.78 is 5.57. The predicted molar refractivity (Wildman–Crippen MR) is 101 cm³/mol. The minimum Gasteiger partial charge on any atom is -0.483 e. The maximum Gasteiger partial charge on any atom is 0.312 e. The fraction of sp³-hybridized carbons (Fsp3) is 0.667. The Bertz CT molecular complexity index is 668. The molecular weight excluding hydrogens is 370 g/mol. The zero-order chi connectivity index (χ0) is 20.0. The van der Waals surface area contributed by atoms with Crippen molar-refractivity contribution in [2.75, 3.05) is 33.7 Å². The Morgan fingerprint density at radius 2 is 2.11 bits per heavy atom. The van der Waals surface area contributed by atoms with E-state index in [9.17, 15) is 9.59 Å². The molecule has 1 aromatic rings. The van der Waals surface area contributed by atoms with Crippen LogP contribution < -0.4 is 0 Å². The van der Waals surface area contributed by atoms with Crippen molar-refractivity contribution in [1.29, 1.82) is 0 Å². The Morgan fingerprint density at radius 3 is 2.63 bits per heavy atom. The zero-order valence-electron chi connectivity index (χ0n) is 16.0. The van der Waals surface area contributed by atoms with E-state index in [1.807, 2.05) is 36.2 Å². The minimum atomic E-state index is -0.380. The number of piperidine rings is 1. The molecule has 1 amide bonds. The summed E-state index contributed by atoms with van der Waals surface area (Å²) in [5, 5.41) is 9.81. The third-order valence-corrected chi connectivity index (χ3v) is 5.79. The first kappa shape index (κ1) is 21.3. The smallest absolute Gasteiger partial charge is 0.312 e. The summed E-state index contributed by atoms with van der Waals surface area (Å²) in [7, 11) is 3.97. The molecule has 1 unspecified atom stereocenters. The average molecular weight is 397 g/mol. The first-order chi connectivity index (χ1) is 12.8. The third kappa shape index (κ3) is 5.49. The normalized spacial score (nSPS) is 21.0. The SMILES string of the molecule is Cc1nc(CC(=O)N2CCC3(CC2)CC(CN(C)C)OC3=O)cs1.O=CO. The standard InChI is InChI=1S/C17H25N3O3S.CH2O2/c1-12-18-13(11-24-12)8-15(21)20-6-4-17(5-7-20)9-14(10-19(2)3)23-16(17)22;2-1-3/h11,14H,4-10H2,1-3H3;1H,(H,2,3). The Labute approximate surface area is 163 Å². The molecule has 1 spiro atoms. The molecule has 0 bridgehead atoms. The maximum absolute atomic E-state index is 12.4. The summed E-state index contributed by atoms with van der Waals surface area (Å²) >= 11 is 1.57. The lowest BCUT2D eigenvalue weighted by atomic mass is 9.76. The molecule has 150 valence electrons. The molecule has 1 atom stereocenters. The number of thiazole rings is 1. The van der Waals surface area contributed by atoms with Gasteiger partial charge in [-0.1, -0.05) is 0 Å². The summed E-state index contributed by atoms with van der Waals surface area (Å²) in [4.78, 5) is 41.4. The summed E-state index contributed by atoms with van der Waals surface area (Å²) in [6, 6.07) is 0. The Balaban J connectivity index is 0.000000817. The molecule has 3 rings (SSSR count). The molecule has 8 nitrogen and oxygen atoms in total. The Hall–Kier alpha value is -2.00. The molecule has 9 heteroatoms. The van der Waals surface area contributed by atoms with Crippen LogP contribution in [0.3, 0.4) is 0 Å². The van der Waals surface area contributed by atoms with Gasteiger partial charge in [-0.05, 0) is 33.9 Å². The molecule has 0 aromatic carbocycles. The molecule has 0 radical (unpaired) electrons. The van der Waals surface area contributed by atoms with Gasteiger partial charge in [0.2, 0.25) is 5.91 Å². The van der Waals surface area contributed by atoms with Crippen molar-refractivity contribution in [3.05, 3.63) is 16.1 Å². The number of hydrogen-bond donors (Lipinski definition) is 1. The van der Waals surface area contributed by atoms with Crippen molar-refractivity contribution in [2.24, 2.45) is 5.41 Å². The van der Waals surface area contributed by atoms with Gasteiger partial charge in [-0.15, -0.1) is 11.3 Å². The van der Waals surface area contributed by atoms with Crippen LogP contribution in [0.25, 0.3) is 0 Å². The molecule has 1 N–H and O–H groups in total. The van der Waals surface area contributed by atoms with Gasteiger partial charge in [0.05, 0.1) is 22.5 Å². The van der Waals surface area contributed by atoms with E-state index in [1.54, 1.807) is 11.3 Å². The number of rotatable bonds is 4. The summed E-state index contributed by atoms with van der Waals surface area (Å²) in [6.07, 6.45) is 2.52. The highest BCUT2D eigenvalue weighted by Crippen LogP contribution is 2.43. The highest BCUT2D eigenvalue weighted by Gasteiger charge is 2.50. The molecule has 1 aromatic heterocycles. The second-order valence-electron chi connectivity index (χ2n) is 7.29. The number of amides is 1. The zero-order valence-corrected chi connectivity index (χ0v) is 16.8. The number of hydrogen-bond acceptors (Lipinski definition) is 7. The van der Waals surface area contributed by atoms with Gasteiger partial charge in [-0.25, -0.2) is 4.98 Å². The molecule has 2 aliphatic heterocycles. The van der Waals surface area contributed by atoms with E-state index >= 15 is 0 Å². The first-order valence-corrected chi connectivity index (χ1v) is 9.80. The van der Waals surface area contributed by atoms with E-state index in [1.165, 1.54) is 0 Å². The lowest BCUT2D eigenvalue weighted by Crippen LogP contribution is -2.45. The molecule has 2 aliphatic rings. The largest absolute Gasteiger partial charge is 0.483 e. The van der Waals surface area contributed by atoms with Crippen molar-refractivity contribution in [3.8, 4) is 0 Å². The van der Waals surface area contributed by atoms with Gasteiger partial charge in [-0.2, -0.15) is 0 Å². The lowest BCUT2D eigenvalue weighted by molar-refractivity contribution is -0.152. The van der Waals surface area contributed by atoms with Crippen molar-refractivity contribution < 1.29 is 24.2 Å². The highest BCUT2D eigenvalue weighted by molar-refractivity contribution is 7.09. The molecule has 3 heterocycles. The number of likely N-dealkylation sites (N-methyl/N-ethyl adjacent to an activating group) is 1. The van der Waals surface area contributed by atoms with E-state index in [4.69, 9.17) is 14.6 Å². The van der Waals surface area contributed by atoms with Crippen LogP contribution in [0.2, 0.25) is 0 Å². The van der Waals surface area contributed by atoms with Crippen LogP contribution >= 0.6 is 11.3 Å². The highest BCUT2D eigenvalue weighted by atomic mass is 32.1. The quantitative estimate of drug-likeness (QED) is 0.601. The monoisotopic (exact) mass is 397 g/mol. The van der Waals surface area contributed by atoms with Gasteiger partial charge in [-0.3, -0.25) is 14.4 Å². The fourth-order valence-corrected chi connectivity index (χ4v) is 4.31. The first-order valence-electron chi connectivity index (χ1n) is 8.92. The number of ether oxygens (including phenoxy) is 1. The van der Waals surface area contributed by atoms with Crippen molar-refractivity contribution in [3.63, 3.8) is 0 Å². The van der Waals surface area contributed by atoms with Crippen LogP contribution in [-0.4, -0.2) is 78.1 Å². The van der Waals surface area contributed by atoms with E-state index in [2.05, 4.69) is 4.98 Å². The van der Waals surface area contributed by atoms with Crippen molar-refractivity contribution in [2.45, 2.75) is 38.7 Å². The number of carbonyl (C=O) groups excluding carboxylic acids is 2. The van der Waals surface area contributed by atoms with Crippen LogP contribution in [0.1, 0.15) is 30.0 Å². The number of likely N-dealkylation sites (tertiary alicyclic amines) is 1. The fourth-order valence-electron chi connectivity index (χ4n) is 3.69. The number of aryl methyl sites for hydroxylation is 1. The predicted octanol–water partition coefficient (Wildman–Crippen LogP) is 1.18.